The molecule has 0 aromatic rings. The molecule has 0 heterocycles. The number of aliphatic hydroxyl groups is 4. The van der Waals surface area contributed by atoms with E-state index in [0.29, 0.717) is 12.8 Å². The zero-order valence-electron chi connectivity index (χ0n) is 23.4. The summed E-state index contributed by atoms with van der Waals surface area (Å²) in [5.74, 6) is 1.47. The molecule has 0 aromatic heterocycles. The van der Waals surface area contributed by atoms with Crippen molar-refractivity contribution in [2.24, 2.45) is 17.3 Å². The molecule has 0 rings (SSSR count). The van der Waals surface area contributed by atoms with Crippen molar-refractivity contribution in [1.29, 1.82) is 0 Å². The van der Waals surface area contributed by atoms with E-state index >= 15 is 0 Å². The summed E-state index contributed by atoms with van der Waals surface area (Å²) in [4.78, 5) is 40.1. The van der Waals surface area contributed by atoms with Gasteiger partial charge in [-0.05, 0) is 0 Å². The molecule has 11 heteroatoms. The maximum atomic E-state index is 10.0. The van der Waals surface area contributed by atoms with Crippen LogP contribution in [0.15, 0.2) is 0 Å². The van der Waals surface area contributed by atoms with E-state index in [9.17, 15) is 19.6 Å². The monoisotopic (exact) mass is 566 g/mol. The molecule has 0 fully saturated rings. The standard InChI is InChI=1S/C20H48O5P2.C5H12O4/c1-19(2)15-11-7-5-9-13-17-26(21,22)25-27(23,24)18-14-10-6-8-12-16-20(3)4;6-1-5(2-7,3-8)4-9/h19-24,26-27H,5-18H2,1-4H3;6-9H,1-4H2. The summed E-state index contributed by atoms with van der Waals surface area (Å²) < 4.78 is 5.04. The van der Waals surface area contributed by atoms with E-state index in [2.05, 4.69) is 27.7 Å². The molecule has 36 heavy (non-hydrogen) atoms. The molecule has 0 atom stereocenters. The van der Waals surface area contributed by atoms with Gasteiger partial charge in [0, 0.05) is 0 Å². The summed E-state index contributed by atoms with van der Waals surface area (Å²) in [6, 6.07) is 0. The fourth-order valence-electron chi connectivity index (χ4n) is 3.54. The minimum Gasteiger partial charge on any atom is -0.396 e. The number of rotatable bonds is 22. The summed E-state index contributed by atoms with van der Waals surface area (Å²) in [7, 11) is -7.91. The molecular weight excluding hydrogens is 506 g/mol. The van der Waals surface area contributed by atoms with Crippen molar-refractivity contribution in [3.8, 4) is 0 Å². The Hall–Kier alpha value is 0.500. The summed E-state index contributed by atoms with van der Waals surface area (Å²) in [5, 5.41) is 34.0. The molecule has 0 aliphatic carbocycles. The number of hydrogen-bond donors (Lipinski definition) is 8. The second kappa shape index (κ2) is 22.3. The van der Waals surface area contributed by atoms with E-state index in [-0.39, 0.29) is 12.3 Å². The van der Waals surface area contributed by atoms with Gasteiger partial charge < -0.3 is 20.4 Å². The third-order valence-corrected chi connectivity index (χ3v) is 10.9. The van der Waals surface area contributed by atoms with Crippen LogP contribution < -0.4 is 0 Å². The van der Waals surface area contributed by atoms with E-state index in [1.807, 2.05) is 0 Å². The van der Waals surface area contributed by atoms with Crippen LogP contribution in [0.2, 0.25) is 0 Å². The minimum absolute atomic E-state index is 0.155. The third-order valence-electron chi connectivity index (χ3n) is 6.24. The molecule has 0 aliphatic heterocycles. The molecule has 0 bridgehead atoms. The van der Waals surface area contributed by atoms with Gasteiger partial charge in [0.2, 0.25) is 0 Å². The second-order valence-corrected chi connectivity index (χ2v) is 15.9. The zero-order valence-corrected chi connectivity index (χ0v) is 25.4. The fourth-order valence-corrected chi connectivity index (χ4v) is 7.87. The number of aliphatic hydroxyl groups excluding tert-OH is 4. The Bertz CT molecular complexity index is 439. The molecule has 0 aromatic carbocycles. The maximum absolute atomic E-state index is 10.0. The summed E-state index contributed by atoms with van der Waals surface area (Å²) in [6.45, 7) is 7.27. The first kappa shape index (κ1) is 38.6. The number of hydrogen-bond acceptors (Lipinski definition) is 9. The molecule has 0 unspecified atom stereocenters. The molecule has 0 amide bonds. The summed E-state index contributed by atoms with van der Waals surface area (Å²) >= 11 is 0. The van der Waals surface area contributed by atoms with Crippen molar-refractivity contribution in [3.63, 3.8) is 0 Å². The van der Waals surface area contributed by atoms with Crippen LogP contribution in [0.25, 0.3) is 0 Å². The smallest absolute Gasteiger partial charge is 0.0627 e. The molecule has 224 valence electrons. The first-order valence-corrected chi connectivity index (χ1v) is 17.8. The maximum Gasteiger partial charge on any atom is 0.0627 e. The van der Waals surface area contributed by atoms with Crippen LogP contribution in [-0.2, 0) is 4.31 Å². The van der Waals surface area contributed by atoms with Crippen LogP contribution in [0.5, 0.6) is 0 Å². The third kappa shape index (κ3) is 23.6. The fraction of sp³-hybridized carbons (Fsp3) is 1.00. The van der Waals surface area contributed by atoms with Gasteiger partial charge in [-0.3, -0.25) is 0 Å². The van der Waals surface area contributed by atoms with Crippen LogP contribution in [0.1, 0.15) is 105 Å². The van der Waals surface area contributed by atoms with Crippen LogP contribution >= 0.6 is 15.9 Å². The summed E-state index contributed by atoms with van der Waals surface area (Å²) in [6.07, 6.45) is 12.9. The van der Waals surface area contributed by atoms with Crippen molar-refractivity contribution in [2.45, 2.75) is 105 Å². The quantitative estimate of drug-likeness (QED) is 0.0715. The Morgan fingerprint density at radius 3 is 1.03 bits per heavy atom. The van der Waals surface area contributed by atoms with E-state index in [1.165, 1.54) is 38.5 Å². The molecule has 0 spiro atoms. The van der Waals surface area contributed by atoms with Gasteiger partial charge in [0.15, 0.2) is 0 Å². The Morgan fingerprint density at radius 1 is 0.500 bits per heavy atom. The zero-order chi connectivity index (χ0) is 28.1. The van der Waals surface area contributed by atoms with Crippen LogP contribution in [0, 0.1) is 17.3 Å². The van der Waals surface area contributed by atoms with Gasteiger partial charge in [-0.2, -0.15) is 0 Å². The normalized spacial score (nSPS) is 13.7. The van der Waals surface area contributed by atoms with Crippen molar-refractivity contribution >= 4 is 15.9 Å². The SMILES string of the molecule is CC(C)CCCCCCC[PH](O)(O)O[PH](O)(O)CCCCCCCC(C)C.OCC(CO)(CO)CO. The van der Waals surface area contributed by atoms with E-state index in [4.69, 9.17) is 24.7 Å². The van der Waals surface area contributed by atoms with Crippen LogP contribution in [-0.4, -0.2) is 78.8 Å². The van der Waals surface area contributed by atoms with Crippen LogP contribution in [0.4, 0.5) is 0 Å². The molecule has 0 saturated carbocycles. The molecular formula is C25H60O9P2. The van der Waals surface area contributed by atoms with Gasteiger partial charge in [-0.25, -0.2) is 0 Å². The van der Waals surface area contributed by atoms with E-state index in [0.717, 1.165) is 37.5 Å². The van der Waals surface area contributed by atoms with E-state index < -0.39 is 47.7 Å². The Balaban J connectivity index is 0. The van der Waals surface area contributed by atoms with Gasteiger partial charge in [0.25, 0.3) is 0 Å². The molecule has 0 radical (unpaired) electrons. The van der Waals surface area contributed by atoms with Gasteiger partial charge in [-0.1, -0.05) is 0 Å². The summed E-state index contributed by atoms with van der Waals surface area (Å²) in [5.41, 5.74) is -1.11. The predicted molar refractivity (Wildman–Crippen MR) is 152 cm³/mol. The van der Waals surface area contributed by atoms with Crippen LogP contribution in [0.3, 0.4) is 0 Å². The Labute approximate surface area is 221 Å². The Kier molecular flexibility index (Phi) is 24.0. The first-order chi connectivity index (χ1) is 16.8. The second-order valence-electron chi connectivity index (χ2n) is 11.1. The average molecular weight is 567 g/mol. The van der Waals surface area contributed by atoms with Gasteiger partial charge >= 0.3 is 169 Å². The molecule has 0 saturated heterocycles. The van der Waals surface area contributed by atoms with Gasteiger partial charge in [-0.15, -0.1) is 0 Å². The van der Waals surface area contributed by atoms with Crippen molar-refractivity contribution in [3.05, 3.63) is 0 Å². The first-order valence-electron chi connectivity index (χ1n) is 13.8. The minimum atomic E-state index is -3.96. The number of unbranched alkanes of at least 4 members (excludes halogenated alkanes) is 8. The Morgan fingerprint density at radius 2 is 0.778 bits per heavy atom. The molecule has 9 nitrogen and oxygen atoms in total. The molecule has 0 aliphatic rings. The van der Waals surface area contributed by atoms with Crippen molar-refractivity contribution in [2.75, 3.05) is 38.8 Å². The van der Waals surface area contributed by atoms with E-state index in [1.54, 1.807) is 0 Å². The largest absolute Gasteiger partial charge is 0.396 e. The topological polar surface area (TPSA) is 171 Å². The predicted octanol–water partition coefficient (Wildman–Crippen LogP) is 3.90. The average Bonchev–Trinajstić information content (AvgIpc) is 2.79. The van der Waals surface area contributed by atoms with Gasteiger partial charge in [0.1, 0.15) is 0 Å². The van der Waals surface area contributed by atoms with Crippen molar-refractivity contribution < 1.29 is 44.3 Å². The van der Waals surface area contributed by atoms with Crippen molar-refractivity contribution in [1.82, 2.24) is 0 Å². The molecule has 8 N–H and O–H groups in total. The van der Waals surface area contributed by atoms with Gasteiger partial charge in [0.05, 0.1) is 31.8 Å².